The molecule has 0 bridgehead atoms. The van der Waals surface area contributed by atoms with Crippen molar-refractivity contribution in [2.75, 3.05) is 0 Å². The number of nitrogens with two attached hydrogens (primary N) is 1. The van der Waals surface area contributed by atoms with Gasteiger partial charge in [0.2, 0.25) is 0 Å². The largest absolute Gasteiger partial charge is 0.384 e. The van der Waals surface area contributed by atoms with Gasteiger partial charge < -0.3 is 10.3 Å². The van der Waals surface area contributed by atoms with E-state index in [2.05, 4.69) is 0 Å². The van der Waals surface area contributed by atoms with Crippen molar-refractivity contribution < 1.29 is 0 Å². The molecule has 0 saturated carbocycles. The summed E-state index contributed by atoms with van der Waals surface area (Å²) in [6, 6.07) is 10.7. The average Bonchev–Trinajstić information content (AvgIpc) is 2.38. The van der Waals surface area contributed by atoms with Crippen LogP contribution in [0.5, 0.6) is 0 Å². The summed E-state index contributed by atoms with van der Waals surface area (Å²) < 4.78 is 1.64. The zero-order chi connectivity index (χ0) is 14.9. The molecule has 0 fully saturated rings. The first-order valence-electron chi connectivity index (χ1n) is 6.27. The van der Waals surface area contributed by atoms with Gasteiger partial charge >= 0.3 is 0 Å². The van der Waals surface area contributed by atoms with Gasteiger partial charge in [0.15, 0.2) is 0 Å². The number of hydrogen-bond acceptors (Lipinski definition) is 2. The quantitative estimate of drug-likeness (QED) is 0.673. The summed E-state index contributed by atoms with van der Waals surface area (Å²) in [7, 11) is 0. The Morgan fingerprint density at radius 3 is 2.30 bits per heavy atom. The molecule has 5 heteroatoms. The first kappa shape index (κ1) is 14.3. The number of hydrogen-bond donors (Lipinski definition) is 2. The van der Waals surface area contributed by atoms with Crippen molar-refractivity contribution in [3.8, 4) is 11.3 Å². The second-order valence-corrected chi connectivity index (χ2v) is 5.26. The van der Waals surface area contributed by atoms with E-state index in [-0.39, 0.29) is 23.0 Å². The molecule has 0 amide bonds. The van der Waals surface area contributed by atoms with Crippen molar-refractivity contribution in [1.29, 1.82) is 5.41 Å². The molecule has 0 unspecified atom stereocenters. The molecule has 0 spiro atoms. The molecule has 20 heavy (non-hydrogen) atoms. The molecule has 2 rings (SSSR count). The molecule has 0 aliphatic carbocycles. The molecule has 4 nitrogen and oxygen atoms in total. The van der Waals surface area contributed by atoms with E-state index in [4.69, 9.17) is 22.7 Å². The normalized spacial score (nSPS) is 10.8. The first-order valence-corrected chi connectivity index (χ1v) is 6.65. The Kier molecular flexibility index (Phi) is 3.95. The highest BCUT2D eigenvalue weighted by Crippen LogP contribution is 2.23. The highest BCUT2D eigenvalue weighted by Gasteiger charge is 2.14. The van der Waals surface area contributed by atoms with Gasteiger partial charge in [0.05, 0.1) is 11.3 Å². The van der Waals surface area contributed by atoms with Gasteiger partial charge in [-0.2, -0.15) is 0 Å². The van der Waals surface area contributed by atoms with Crippen LogP contribution in [0.1, 0.15) is 25.5 Å². The molecule has 0 saturated heterocycles. The van der Waals surface area contributed by atoms with Crippen LogP contribution in [-0.2, 0) is 0 Å². The Morgan fingerprint density at radius 1 is 1.20 bits per heavy atom. The molecule has 3 N–H and O–H groups in total. The highest BCUT2D eigenvalue weighted by molar-refractivity contribution is 6.30. The van der Waals surface area contributed by atoms with Crippen molar-refractivity contribution >= 4 is 17.4 Å². The summed E-state index contributed by atoms with van der Waals surface area (Å²) in [6.07, 6.45) is 0. The lowest BCUT2D eigenvalue weighted by Crippen LogP contribution is -2.31. The number of aromatic nitrogens is 1. The summed E-state index contributed by atoms with van der Waals surface area (Å²) in [4.78, 5) is 12.4. The average molecular weight is 290 g/mol. The zero-order valence-electron chi connectivity index (χ0n) is 11.4. The SMILES string of the molecule is CC(C)n1c(-c2ccc(Cl)cc2)ccc(C(=N)N)c1=O. The maximum absolute atomic E-state index is 12.4. The summed E-state index contributed by atoms with van der Waals surface area (Å²) in [5.74, 6) is -0.216. The number of nitrogen functional groups attached to an aromatic ring is 1. The van der Waals surface area contributed by atoms with E-state index in [1.54, 1.807) is 28.8 Å². The second kappa shape index (κ2) is 5.51. The van der Waals surface area contributed by atoms with Gasteiger partial charge in [0, 0.05) is 11.1 Å². The number of amidine groups is 1. The second-order valence-electron chi connectivity index (χ2n) is 4.82. The Labute approximate surface area is 122 Å². The molecule has 0 aliphatic heterocycles. The smallest absolute Gasteiger partial charge is 0.262 e. The number of nitrogens with zero attached hydrogens (tertiary/aromatic N) is 1. The van der Waals surface area contributed by atoms with Crippen LogP contribution in [-0.4, -0.2) is 10.4 Å². The van der Waals surface area contributed by atoms with Gasteiger partial charge in [0.25, 0.3) is 5.56 Å². The third-order valence-corrected chi connectivity index (χ3v) is 3.32. The highest BCUT2D eigenvalue weighted by atomic mass is 35.5. The Morgan fingerprint density at radius 2 is 1.80 bits per heavy atom. The van der Waals surface area contributed by atoms with E-state index in [9.17, 15) is 4.79 Å². The van der Waals surface area contributed by atoms with Crippen LogP contribution in [0.25, 0.3) is 11.3 Å². The minimum atomic E-state index is -0.250. The van der Waals surface area contributed by atoms with E-state index < -0.39 is 0 Å². The van der Waals surface area contributed by atoms with E-state index >= 15 is 0 Å². The van der Waals surface area contributed by atoms with Gasteiger partial charge in [-0.15, -0.1) is 0 Å². The number of halogens is 1. The topological polar surface area (TPSA) is 71.9 Å². The minimum Gasteiger partial charge on any atom is -0.384 e. The molecular formula is C15H16ClN3O. The molecule has 1 heterocycles. The van der Waals surface area contributed by atoms with Crippen LogP contribution in [0.15, 0.2) is 41.2 Å². The molecular weight excluding hydrogens is 274 g/mol. The van der Waals surface area contributed by atoms with Gasteiger partial charge in [0.1, 0.15) is 5.84 Å². The summed E-state index contributed by atoms with van der Waals surface area (Å²) in [6.45, 7) is 3.84. The molecule has 104 valence electrons. The molecule has 1 aromatic carbocycles. The third kappa shape index (κ3) is 2.60. The van der Waals surface area contributed by atoms with Crippen molar-refractivity contribution in [3.05, 3.63) is 57.3 Å². The van der Waals surface area contributed by atoms with Crippen LogP contribution in [0.2, 0.25) is 5.02 Å². The molecule has 0 aliphatic rings. The van der Waals surface area contributed by atoms with E-state index in [0.717, 1.165) is 11.3 Å². The van der Waals surface area contributed by atoms with Crippen LogP contribution < -0.4 is 11.3 Å². The summed E-state index contributed by atoms with van der Waals surface area (Å²) in [5.41, 5.74) is 7.10. The lowest BCUT2D eigenvalue weighted by molar-refractivity contribution is 0.584. The predicted octanol–water partition coefficient (Wildman–Crippen LogP) is 3.03. The predicted molar refractivity (Wildman–Crippen MR) is 82.5 cm³/mol. The van der Waals surface area contributed by atoms with Crippen molar-refractivity contribution in [2.45, 2.75) is 19.9 Å². The van der Waals surface area contributed by atoms with Crippen LogP contribution in [0.4, 0.5) is 0 Å². The maximum Gasteiger partial charge on any atom is 0.262 e. The molecule has 0 atom stereocenters. The number of rotatable bonds is 3. The standard InChI is InChI=1S/C15H16ClN3O/c1-9(2)19-13(10-3-5-11(16)6-4-10)8-7-12(14(17)18)15(19)20/h3-9H,1-2H3,(H3,17,18). The lowest BCUT2D eigenvalue weighted by atomic mass is 10.1. The van der Waals surface area contributed by atoms with Crippen LogP contribution >= 0.6 is 11.6 Å². The fourth-order valence-corrected chi connectivity index (χ4v) is 2.25. The van der Waals surface area contributed by atoms with Gasteiger partial charge in [-0.25, -0.2) is 0 Å². The number of nitrogens with one attached hydrogen (secondary N) is 1. The Balaban J connectivity index is 2.71. The minimum absolute atomic E-state index is 0.0347. The van der Waals surface area contributed by atoms with Gasteiger partial charge in [-0.1, -0.05) is 23.7 Å². The fraction of sp³-hybridized carbons (Fsp3) is 0.200. The van der Waals surface area contributed by atoms with Crippen molar-refractivity contribution in [2.24, 2.45) is 5.73 Å². The summed E-state index contributed by atoms with van der Waals surface area (Å²) >= 11 is 5.89. The fourth-order valence-electron chi connectivity index (χ4n) is 2.13. The van der Waals surface area contributed by atoms with E-state index in [1.807, 2.05) is 26.0 Å². The third-order valence-electron chi connectivity index (χ3n) is 3.06. The van der Waals surface area contributed by atoms with Gasteiger partial charge in [-0.05, 0) is 43.7 Å². The van der Waals surface area contributed by atoms with Crippen molar-refractivity contribution in [1.82, 2.24) is 4.57 Å². The molecule has 2 aromatic rings. The zero-order valence-corrected chi connectivity index (χ0v) is 12.1. The van der Waals surface area contributed by atoms with E-state index in [0.29, 0.717) is 5.02 Å². The van der Waals surface area contributed by atoms with Crippen molar-refractivity contribution in [3.63, 3.8) is 0 Å². The van der Waals surface area contributed by atoms with E-state index in [1.165, 1.54) is 0 Å². The monoisotopic (exact) mass is 289 g/mol. The maximum atomic E-state index is 12.4. The summed E-state index contributed by atoms with van der Waals surface area (Å²) in [5, 5.41) is 8.11. The molecule has 1 aromatic heterocycles. The number of benzene rings is 1. The molecule has 0 radical (unpaired) electrons. The van der Waals surface area contributed by atoms with Crippen LogP contribution in [0, 0.1) is 5.41 Å². The van der Waals surface area contributed by atoms with Crippen LogP contribution in [0.3, 0.4) is 0 Å². The Hall–Kier alpha value is -2.07. The first-order chi connectivity index (χ1) is 9.41. The number of pyridine rings is 1. The lowest BCUT2D eigenvalue weighted by Gasteiger charge is -2.17. The van der Waals surface area contributed by atoms with Gasteiger partial charge in [-0.3, -0.25) is 10.2 Å². The Bertz CT molecular complexity index is 702.